The molecular formula is C16H11ClIN3O. The predicted octanol–water partition coefficient (Wildman–Crippen LogP) is 4.40. The minimum atomic E-state index is -0.483. The lowest BCUT2D eigenvalue weighted by Crippen LogP contribution is -2.14. The first-order valence-corrected chi connectivity index (χ1v) is 7.73. The van der Waals surface area contributed by atoms with Crippen molar-refractivity contribution in [1.82, 2.24) is 0 Å². The number of carbonyl (C=O) groups excluding carboxylic acids is 1. The van der Waals surface area contributed by atoms with E-state index in [-0.39, 0.29) is 5.57 Å². The first-order chi connectivity index (χ1) is 10.6. The van der Waals surface area contributed by atoms with Crippen molar-refractivity contribution < 1.29 is 4.79 Å². The highest BCUT2D eigenvalue weighted by atomic mass is 127. The van der Waals surface area contributed by atoms with Crippen LogP contribution in [0.5, 0.6) is 0 Å². The fourth-order valence-electron chi connectivity index (χ4n) is 1.58. The zero-order valence-electron chi connectivity index (χ0n) is 11.3. The Morgan fingerprint density at radius 1 is 1.09 bits per heavy atom. The summed E-state index contributed by atoms with van der Waals surface area (Å²) in [7, 11) is 0. The van der Waals surface area contributed by atoms with Gasteiger partial charge in [0, 0.05) is 26.2 Å². The maximum atomic E-state index is 12.0. The van der Waals surface area contributed by atoms with Gasteiger partial charge in [-0.2, -0.15) is 5.26 Å². The van der Waals surface area contributed by atoms with Gasteiger partial charge in [-0.05, 0) is 71.1 Å². The molecule has 0 aliphatic carbocycles. The molecule has 2 aromatic rings. The summed E-state index contributed by atoms with van der Waals surface area (Å²) in [5.41, 5.74) is 1.35. The van der Waals surface area contributed by atoms with E-state index < -0.39 is 5.91 Å². The van der Waals surface area contributed by atoms with Gasteiger partial charge in [0.1, 0.15) is 11.6 Å². The fraction of sp³-hybridized carbons (Fsp3) is 0. The van der Waals surface area contributed by atoms with Crippen molar-refractivity contribution in [3.8, 4) is 6.07 Å². The lowest BCUT2D eigenvalue weighted by Gasteiger charge is -2.05. The summed E-state index contributed by atoms with van der Waals surface area (Å²) in [5, 5.41) is 15.2. The van der Waals surface area contributed by atoms with Crippen LogP contribution in [-0.4, -0.2) is 5.91 Å². The van der Waals surface area contributed by atoms with Crippen molar-refractivity contribution in [2.45, 2.75) is 0 Å². The molecule has 0 aliphatic rings. The fourth-order valence-corrected chi connectivity index (χ4v) is 2.07. The highest BCUT2D eigenvalue weighted by molar-refractivity contribution is 14.1. The van der Waals surface area contributed by atoms with Gasteiger partial charge in [0.05, 0.1) is 0 Å². The molecule has 0 heterocycles. The quantitative estimate of drug-likeness (QED) is 0.435. The van der Waals surface area contributed by atoms with Gasteiger partial charge in [-0.15, -0.1) is 0 Å². The first-order valence-electron chi connectivity index (χ1n) is 6.28. The molecule has 0 bridgehead atoms. The Labute approximate surface area is 146 Å². The molecule has 2 rings (SSSR count). The van der Waals surface area contributed by atoms with Crippen LogP contribution in [0.1, 0.15) is 0 Å². The number of carbonyl (C=O) groups is 1. The van der Waals surface area contributed by atoms with Crippen LogP contribution in [-0.2, 0) is 4.79 Å². The standard InChI is InChI=1S/C16H11ClIN3O/c17-12-1-5-15(6-2-12)21-16(22)11(9-19)10-20-14-7-3-13(18)4-8-14/h1-8,10,20H,(H,21,22)/b11-10-. The van der Waals surface area contributed by atoms with Crippen LogP contribution in [0.2, 0.25) is 5.02 Å². The Kier molecular flexibility index (Phi) is 5.81. The lowest BCUT2D eigenvalue weighted by atomic mass is 10.2. The smallest absolute Gasteiger partial charge is 0.267 e. The summed E-state index contributed by atoms with van der Waals surface area (Å²) in [6, 6.07) is 16.1. The predicted molar refractivity (Wildman–Crippen MR) is 96.6 cm³/mol. The number of amides is 1. The van der Waals surface area contributed by atoms with Gasteiger partial charge in [-0.3, -0.25) is 4.79 Å². The van der Waals surface area contributed by atoms with Gasteiger partial charge < -0.3 is 10.6 Å². The maximum Gasteiger partial charge on any atom is 0.267 e. The highest BCUT2D eigenvalue weighted by Crippen LogP contribution is 2.15. The molecule has 110 valence electrons. The monoisotopic (exact) mass is 423 g/mol. The van der Waals surface area contributed by atoms with Gasteiger partial charge >= 0.3 is 0 Å². The van der Waals surface area contributed by atoms with E-state index in [1.165, 1.54) is 6.20 Å². The van der Waals surface area contributed by atoms with Crippen molar-refractivity contribution >= 4 is 51.5 Å². The maximum absolute atomic E-state index is 12.0. The minimum Gasteiger partial charge on any atom is -0.360 e. The van der Waals surface area contributed by atoms with Crippen molar-refractivity contribution in [1.29, 1.82) is 5.26 Å². The lowest BCUT2D eigenvalue weighted by molar-refractivity contribution is -0.112. The number of nitrogens with zero attached hydrogens (tertiary/aromatic N) is 1. The minimum absolute atomic E-state index is 0.0199. The summed E-state index contributed by atoms with van der Waals surface area (Å²) in [6.07, 6.45) is 1.38. The number of rotatable bonds is 4. The Morgan fingerprint density at radius 2 is 1.68 bits per heavy atom. The summed E-state index contributed by atoms with van der Waals surface area (Å²) < 4.78 is 1.10. The number of hydrogen-bond acceptors (Lipinski definition) is 3. The van der Waals surface area contributed by atoms with E-state index in [0.717, 1.165) is 9.26 Å². The van der Waals surface area contributed by atoms with E-state index in [0.29, 0.717) is 10.7 Å². The van der Waals surface area contributed by atoms with Crippen LogP contribution in [0.3, 0.4) is 0 Å². The topological polar surface area (TPSA) is 64.9 Å². The molecular weight excluding hydrogens is 413 g/mol. The van der Waals surface area contributed by atoms with Gasteiger partial charge in [0.15, 0.2) is 0 Å². The Bertz CT molecular complexity index is 733. The van der Waals surface area contributed by atoms with Crippen molar-refractivity contribution in [2.24, 2.45) is 0 Å². The average molecular weight is 424 g/mol. The van der Waals surface area contributed by atoms with Crippen LogP contribution in [0.4, 0.5) is 11.4 Å². The average Bonchev–Trinajstić information content (AvgIpc) is 2.52. The Morgan fingerprint density at radius 3 is 2.27 bits per heavy atom. The molecule has 0 fully saturated rings. The first kappa shape index (κ1) is 16.3. The third-order valence-corrected chi connectivity index (χ3v) is 3.67. The zero-order chi connectivity index (χ0) is 15.9. The second-order valence-corrected chi connectivity index (χ2v) is 5.96. The molecule has 0 unspecified atom stereocenters. The number of nitriles is 1. The summed E-state index contributed by atoms with van der Waals surface area (Å²) in [5.74, 6) is -0.483. The van der Waals surface area contributed by atoms with Gasteiger partial charge in [-0.1, -0.05) is 11.6 Å². The molecule has 0 atom stereocenters. The van der Waals surface area contributed by atoms with Crippen molar-refractivity contribution in [2.75, 3.05) is 10.6 Å². The number of hydrogen-bond donors (Lipinski definition) is 2. The molecule has 0 saturated heterocycles. The molecule has 0 saturated carbocycles. The van der Waals surface area contributed by atoms with E-state index in [2.05, 4.69) is 33.2 Å². The molecule has 0 spiro atoms. The van der Waals surface area contributed by atoms with E-state index in [1.807, 2.05) is 30.3 Å². The number of nitrogens with one attached hydrogen (secondary N) is 2. The largest absolute Gasteiger partial charge is 0.360 e. The van der Waals surface area contributed by atoms with Gasteiger partial charge in [0.2, 0.25) is 0 Å². The summed E-state index contributed by atoms with van der Waals surface area (Å²) >= 11 is 7.98. The van der Waals surface area contributed by atoms with Crippen LogP contribution in [0.25, 0.3) is 0 Å². The Hall–Kier alpha value is -2.04. The molecule has 0 aliphatic heterocycles. The van der Waals surface area contributed by atoms with E-state index >= 15 is 0 Å². The summed E-state index contributed by atoms with van der Waals surface area (Å²) in [4.78, 5) is 12.0. The number of benzene rings is 2. The third-order valence-electron chi connectivity index (χ3n) is 2.69. The normalized spacial score (nSPS) is 10.7. The number of halogens is 2. The second kappa shape index (κ2) is 7.82. The molecule has 22 heavy (non-hydrogen) atoms. The molecule has 2 aromatic carbocycles. The van der Waals surface area contributed by atoms with Crippen LogP contribution in [0.15, 0.2) is 60.3 Å². The molecule has 6 heteroatoms. The SMILES string of the molecule is N#C/C(=C/Nc1ccc(I)cc1)C(=O)Nc1ccc(Cl)cc1. The molecule has 4 nitrogen and oxygen atoms in total. The van der Waals surface area contributed by atoms with Crippen LogP contribution in [0, 0.1) is 14.9 Å². The summed E-state index contributed by atoms with van der Waals surface area (Å²) in [6.45, 7) is 0. The van der Waals surface area contributed by atoms with E-state index in [9.17, 15) is 4.79 Å². The molecule has 0 aromatic heterocycles. The molecule has 2 N–H and O–H groups in total. The van der Waals surface area contributed by atoms with Crippen molar-refractivity contribution in [3.05, 3.63) is 68.9 Å². The number of anilines is 2. The van der Waals surface area contributed by atoms with E-state index in [1.54, 1.807) is 24.3 Å². The molecule has 0 radical (unpaired) electrons. The second-order valence-electron chi connectivity index (χ2n) is 4.28. The van der Waals surface area contributed by atoms with Crippen LogP contribution >= 0.6 is 34.2 Å². The zero-order valence-corrected chi connectivity index (χ0v) is 14.2. The van der Waals surface area contributed by atoms with Gasteiger partial charge in [0.25, 0.3) is 5.91 Å². The third kappa shape index (κ3) is 4.76. The van der Waals surface area contributed by atoms with E-state index in [4.69, 9.17) is 16.9 Å². The van der Waals surface area contributed by atoms with Crippen molar-refractivity contribution in [3.63, 3.8) is 0 Å². The Balaban J connectivity index is 2.05. The van der Waals surface area contributed by atoms with Gasteiger partial charge in [-0.25, -0.2) is 0 Å². The highest BCUT2D eigenvalue weighted by Gasteiger charge is 2.09. The molecule has 1 amide bonds. The van der Waals surface area contributed by atoms with Crippen LogP contribution < -0.4 is 10.6 Å².